The summed E-state index contributed by atoms with van der Waals surface area (Å²) in [6, 6.07) is -0.386. The Bertz CT molecular complexity index is 428. The average Bonchev–Trinajstić information content (AvgIpc) is 2.37. The minimum absolute atomic E-state index is 0.123. The molecule has 1 saturated carbocycles. The van der Waals surface area contributed by atoms with E-state index in [-0.39, 0.29) is 24.4 Å². The van der Waals surface area contributed by atoms with Crippen molar-refractivity contribution in [1.82, 2.24) is 10.6 Å². The zero-order valence-corrected chi connectivity index (χ0v) is 13.3. The van der Waals surface area contributed by atoms with Crippen molar-refractivity contribution >= 4 is 17.8 Å². The van der Waals surface area contributed by atoms with Gasteiger partial charge >= 0.3 is 5.97 Å². The van der Waals surface area contributed by atoms with Gasteiger partial charge in [0.05, 0.1) is 12.0 Å². The molecule has 3 N–H and O–H groups in total. The molecule has 0 heterocycles. The van der Waals surface area contributed by atoms with Crippen molar-refractivity contribution in [3.05, 3.63) is 0 Å². The summed E-state index contributed by atoms with van der Waals surface area (Å²) in [6.07, 6.45) is 2.97. The van der Waals surface area contributed by atoms with E-state index in [1.54, 1.807) is 27.7 Å². The normalized spacial score (nSPS) is 26.0. The summed E-state index contributed by atoms with van der Waals surface area (Å²) >= 11 is 0. The SMILES string of the molecule is CC(C)(C)C(=O)NCC(=O)NC1CCCCC1(C)C(=O)O. The van der Waals surface area contributed by atoms with Gasteiger partial charge in [-0.25, -0.2) is 0 Å². The molecular weight excluding hydrogens is 272 g/mol. The van der Waals surface area contributed by atoms with Crippen LogP contribution in [-0.2, 0) is 14.4 Å². The number of carbonyl (C=O) groups excluding carboxylic acids is 2. The fraction of sp³-hybridized carbons (Fsp3) is 0.800. The van der Waals surface area contributed by atoms with Crippen LogP contribution in [-0.4, -0.2) is 35.5 Å². The van der Waals surface area contributed by atoms with E-state index in [4.69, 9.17) is 0 Å². The minimum atomic E-state index is -0.929. The number of carboxylic acid groups (broad SMARTS) is 1. The Morgan fingerprint density at radius 2 is 1.86 bits per heavy atom. The van der Waals surface area contributed by atoms with Crippen LogP contribution in [0.5, 0.6) is 0 Å². The molecule has 0 radical (unpaired) electrons. The largest absolute Gasteiger partial charge is 0.481 e. The van der Waals surface area contributed by atoms with Gasteiger partial charge < -0.3 is 15.7 Å². The number of carboxylic acids is 1. The van der Waals surface area contributed by atoms with Gasteiger partial charge in [-0.1, -0.05) is 33.6 Å². The van der Waals surface area contributed by atoms with E-state index in [2.05, 4.69) is 10.6 Å². The van der Waals surface area contributed by atoms with Crippen molar-refractivity contribution < 1.29 is 19.5 Å². The molecule has 6 nitrogen and oxygen atoms in total. The van der Waals surface area contributed by atoms with Crippen LogP contribution in [0, 0.1) is 10.8 Å². The molecule has 21 heavy (non-hydrogen) atoms. The zero-order valence-electron chi connectivity index (χ0n) is 13.3. The van der Waals surface area contributed by atoms with E-state index in [9.17, 15) is 19.5 Å². The van der Waals surface area contributed by atoms with Crippen LogP contribution in [0.15, 0.2) is 0 Å². The van der Waals surface area contributed by atoms with Gasteiger partial charge in [0.25, 0.3) is 0 Å². The Hall–Kier alpha value is -1.59. The van der Waals surface area contributed by atoms with Crippen molar-refractivity contribution in [1.29, 1.82) is 0 Å². The maximum absolute atomic E-state index is 11.9. The number of hydrogen-bond donors (Lipinski definition) is 3. The lowest BCUT2D eigenvalue weighted by molar-refractivity contribution is -0.152. The summed E-state index contributed by atoms with van der Waals surface area (Å²) in [5.74, 6) is -1.43. The Balaban J connectivity index is 2.57. The van der Waals surface area contributed by atoms with Crippen molar-refractivity contribution in [2.75, 3.05) is 6.54 Å². The lowest BCUT2D eigenvalue weighted by Gasteiger charge is -2.38. The summed E-state index contributed by atoms with van der Waals surface area (Å²) in [7, 11) is 0. The fourth-order valence-electron chi connectivity index (χ4n) is 2.49. The molecule has 0 aromatic carbocycles. The molecule has 1 aliphatic rings. The first-order valence-electron chi connectivity index (χ1n) is 7.38. The molecule has 0 bridgehead atoms. The highest BCUT2D eigenvalue weighted by atomic mass is 16.4. The van der Waals surface area contributed by atoms with Crippen molar-refractivity contribution in [3.8, 4) is 0 Å². The molecule has 0 spiro atoms. The van der Waals surface area contributed by atoms with E-state index in [1.807, 2.05) is 0 Å². The smallest absolute Gasteiger partial charge is 0.311 e. The van der Waals surface area contributed by atoms with Crippen LogP contribution < -0.4 is 10.6 Å². The van der Waals surface area contributed by atoms with E-state index < -0.39 is 16.8 Å². The van der Waals surface area contributed by atoms with Gasteiger partial charge in [0.15, 0.2) is 0 Å². The lowest BCUT2D eigenvalue weighted by Crippen LogP contribution is -2.54. The number of aliphatic carboxylic acids is 1. The number of carbonyl (C=O) groups is 3. The third-order valence-corrected chi connectivity index (χ3v) is 4.12. The van der Waals surface area contributed by atoms with Gasteiger partial charge in [-0.05, 0) is 19.8 Å². The second-order valence-electron chi connectivity index (χ2n) is 7.02. The predicted octanol–water partition coefficient (Wildman–Crippen LogP) is 1.30. The number of nitrogens with one attached hydrogen (secondary N) is 2. The first-order chi connectivity index (χ1) is 9.57. The Labute approximate surface area is 125 Å². The first-order valence-corrected chi connectivity index (χ1v) is 7.38. The second-order valence-corrected chi connectivity index (χ2v) is 7.02. The van der Waals surface area contributed by atoms with Crippen LogP contribution >= 0.6 is 0 Å². The monoisotopic (exact) mass is 298 g/mol. The third kappa shape index (κ3) is 4.44. The van der Waals surface area contributed by atoms with Gasteiger partial charge in [-0.3, -0.25) is 14.4 Å². The molecule has 2 atom stereocenters. The maximum Gasteiger partial charge on any atom is 0.311 e. The van der Waals surface area contributed by atoms with Gasteiger partial charge in [-0.15, -0.1) is 0 Å². The Morgan fingerprint density at radius 1 is 1.24 bits per heavy atom. The van der Waals surface area contributed by atoms with E-state index in [1.165, 1.54) is 0 Å². The number of amides is 2. The van der Waals surface area contributed by atoms with E-state index in [0.717, 1.165) is 12.8 Å². The standard InChI is InChI=1S/C15H26N2O4/c1-14(2,3)12(19)16-9-11(18)17-10-7-5-6-8-15(10,4)13(20)21/h10H,5-9H2,1-4H3,(H,16,19)(H,17,18)(H,20,21). The summed E-state index contributed by atoms with van der Waals surface area (Å²) in [5.41, 5.74) is -1.48. The fourth-order valence-corrected chi connectivity index (χ4v) is 2.49. The molecule has 1 fully saturated rings. The van der Waals surface area contributed by atoms with Crippen LogP contribution in [0.2, 0.25) is 0 Å². The highest BCUT2D eigenvalue weighted by Crippen LogP contribution is 2.36. The van der Waals surface area contributed by atoms with Crippen molar-refractivity contribution in [2.45, 2.75) is 59.4 Å². The van der Waals surface area contributed by atoms with Gasteiger partial charge in [0.1, 0.15) is 0 Å². The molecule has 0 aliphatic heterocycles. The maximum atomic E-state index is 11.9. The van der Waals surface area contributed by atoms with Crippen LogP contribution in [0.1, 0.15) is 53.4 Å². The molecular formula is C15H26N2O4. The summed E-state index contributed by atoms with van der Waals surface area (Å²) in [4.78, 5) is 35.1. The molecule has 0 saturated heterocycles. The second kappa shape index (κ2) is 6.45. The highest BCUT2D eigenvalue weighted by Gasteiger charge is 2.43. The Kier molecular flexibility index (Phi) is 5.36. The Morgan fingerprint density at radius 3 is 2.38 bits per heavy atom. The molecule has 2 amide bonds. The molecule has 0 aromatic heterocycles. The van der Waals surface area contributed by atoms with Crippen LogP contribution in [0.3, 0.4) is 0 Å². The average molecular weight is 298 g/mol. The molecule has 2 unspecified atom stereocenters. The highest BCUT2D eigenvalue weighted by molar-refractivity contribution is 5.87. The molecule has 0 aromatic rings. The van der Waals surface area contributed by atoms with Crippen molar-refractivity contribution in [3.63, 3.8) is 0 Å². The van der Waals surface area contributed by atoms with Crippen LogP contribution in [0.4, 0.5) is 0 Å². The lowest BCUT2D eigenvalue weighted by atomic mass is 9.71. The van der Waals surface area contributed by atoms with Gasteiger partial charge in [-0.2, -0.15) is 0 Å². The summed E-state index contributed by atoms with van der Waals surface area (Å²) in [6.45, 7) is 6.85. The third-order valence-electron chi connectivity index (χ3n) is 4.12. The number of rotatable bonds is 4. The minimum Gasteiger partial charge on any atom is -0.481 e. The number of hydrogen-bond acceptors (Lipinski definition) is 3. The van der Waals surface area contributed by atoms with E-state index in [0.29, 0.717) is 12.8 Å². The molecule has 1 aliphatic carbocycles. The van der Waals surface area contributed by atoms with Crippen LogP contribution in [0.25, 0.3) is 0 Å². The van der Waals surface area contributed by atoms with Gasteiger partial charge in [0.2, 0.25) is 11.8 Å². The van der Waals surface area contributed by atoms with Crippen molar-refractivity contribution in [2.24, 2.45) is 10.8 Å². The summed E-state index contributed by atoms with van der Waals surface area (Å²) < 4.78 is 0. The molecule has 6 heteroatoms. The zero-order chi connectivity index (χ0) is 16.3. The van der Waals surface area contributed by atoms with Gasteiger partial charge in [0, 0.05) is 11.5 Å². The first kappa shape index (κ1) is 17.5. The molecule has 1 rings (SSSR count). The predicted molar refractivity (Wildman–Crippen MR) is 78.6 cm³/mol. The molecule has 120 valence electrons. The quantitative estimate of drug-likeness (QED) is 0.729. The summed E-state index contributed by atoms with van der Waals surface area (Å²) in [5, 5.41) is 14.7. The topological polar surface area (TPSA) is 95.5 Å². The van der Waals surface area contributed by atoms with E-state index >= 15 is 0 Å².